The number of benzene rings is 3. The average Bonchev–Trinajstić information content (AvgIpc) is 2.85. The van der Waals surface area contributed by atoms with Gasteiger partial charge in [0, 0.05) is 23.1 Å². The highest BCUT2D eigenvalue weighted by atomic mass is 16.5. The Morgan fingerprint density at radius 1 is 0.848 bits per heavy atom. The summed E-state index contributed by atoms with van der Waals surface area (Å²) in [4.78, 5) is 21.2. The van der Waals surface area contributed by atoms with Gasteiger partial charge >= 0.3 is 5.97 Å². The van der Waals surface area contributed by atoms with E-state index in [2.05, 4.69) is 23.5 Å². The molecule has 1 N–H and O–H groups in total. The molecule has 4 aromatic rings. The number of nitrogens with zero attached hydrogens (tertiary/aromatic N) is 2. The van der Waals surface area contributed by atoms with E-state index in [0.29, 0.717) is 31.4 Å². The van der Waals surface area contributed by atoms with Crippen molar-refractivity contribution in [3.8, 4) is 28.3 Å². The predicted molar refractivity (Wildman–Crippen MR) is 131 cm³/mol. The molecule has 1 aromatic heterocycles. The summed E-state index contributed by atoms with van der Waals surface area (Å²) < 4.78 is 10.8. The van der Waals surface area contributed by atoms with E-state index in [9.17, 15) is 4.79 Å². The first-order valence-corrected chi connectivity index (χ1v) is 11.2. The summed E-state index contributed by atoms with van der Waals surface area (Å²) in [5.41, 5.74) is 3.86. The van der Waals surface area contributed by atoms with Crippen molar-refractivity contribution in [1.82, 2.24) is 9.97 Å². The Morgan fingerprint density at radius 3 is 2.36 bits per heavy atom. The topological polar surface area (TPSA) is 73.3 Å². The van der Waals surface area contributed by atoms with Crippen LogP contribution in [0.1, 0.15) is 20.3 Å². The molecule has 1 heterocycles. The quantitative estimate of drug-likeness (QED) is 0.335. The van der Waals surface area contributed by atoms with Crippen molar-refractivity contribution in [2.45, 2.75) is 20.3 Å². The van der Waals surface area contributed by atoms with Crippen LogP contribution in [-0.4, -0.2) is 35.7 Å². The van der Waals surface area contributed by atoms with Crippen LogP contribution in [-0.2, 0) is 9.53 Å². The van der Waals surface area contributed by atoms with Gasteiger partial charge in [-0.1, -0.05) is 54.6 Å². The molecular weight excluding hydrogens is 414 g/mol. The zero-order chi connectivity index (χ0) is 23.0. The minimum absolute atomic E-state index is 0.230. The number of aromatic nitrogens is 2. The Bertz CT molecular complexity index is 1240. The molecular formula is C27H27N3O3. The first-order chi connectivity index (χ1) is 16.2. The zero-order valence-corrected chi connectivity index (χ0v) is 18.9. The number of hydrogen-bond acceptors (Lipinski definition) is 6. The smallest absolute Gasteiger partial charge is 0.307 e. The number of hydrogen-bond donors (Lipinski definition) is 1. The predicted octanol–water partition coefficient (Wildman–Crippen LogP) is 5.73. The van der Waals surface area contributed by atoms with E-state index >= 15 is 0 Å². The van der Waals surface area contributed by atoms with E-state index < -0.39 is 0 Å². The fourth-order valence-electron chi connectivity index (χ4n) is 3.64. The van der Waals surface area contributed by atoms with Gasteiger partial charge in [0.05, 0.1) is 25.2 Å². The molecule has 6 nitrogen and oxygen atoms in total. The van der Waals surface area contributed by atoms with Gasteiger partial charge in [0.15, 0.2) is 5.82 Å². The summed E-state index contributed by atoms with van der Waals surface area (Å²) in [6.45, 7) is 5.22. The van der Waals surface area contributed by atoms with Gasteiger partial charge in [0.2, 0.25) is 0 Å². The van der Waals surface area contributed by atoms with E-state index in [1.54, 1.807) is 6.92 Å². The van der Waals surface area contributed by atoms with Gasteiger partial charge in [-0.25, -0.2) is 9.97 Å². The minimum atomic E-state index is -0.230. The SMILES string of the molecule is CCOC(=O)CCNc1nc(-c2ccc(-c3ccccc3OCC)cc2)nc2ccccc12. The largest absolute Gasteiger partial charge is 0.493 e. The number of para-hydroxylation sites is 2. The monoisotopic (exact) mass is 441 g/mol. The van der Waals surface area contributed by atoms with Crippen LogP contribution in [0.2, 0.25) is 0 Å². The fraction of sp³-hybridized carbons (Fsp3) is 0.222. The lowest BCUT2D eigenvalue weighted by atomic mass is 10.0. The van der Waals surface area contributed by atoms with E-state index in [-0.39, 0.29) is 12.4 Å². The molecule has 0 radical (unpaired) electrons. The Kier molecular flexibility index (Phi) is 7.15. The summed E-state index contributed by atoms with van der Waals surface area (Å²) in [6.07, 6.45) is 0.273. The number of carbonyl (C=O) groups excluding carboxylic acids is 1. The van der Waals surface area contributed by atoms with Gasteiger partial charge in [-0.2, -0.15) is 0 Å². The molecule has 0 aliphatic carbocycles. The van der Waals surface area contributed by atoms with Crippen LogP contribution in [0.25, 0.3) is 33.4 Å². The molecule has 0 fully saturated rings. The second kappa shape index (κ2) is 10.6. The van der Waals surface area contributed by atoms with Crippen molar-refractivity contribution < 1.29 is 14.3 Å². The Morgan fingerprint density at radius 2 is 1.58 bits per heavy atom. The van der Waals surface area contributed by atoms with Gasteiger partial charge in [-0.15, -0.1) is 0 Å². The molecule has 0 amide bonds. The molecule has 0 atom stereocenters. The van der Waals surface area contributed by atoms with Crippen LogP contribution in [0, 0.1) is 0 Å². The second-order valence-corrected chi connectivity index (χ2v) is 7.40. The van der Waals surface area contributed by atoms with Crippen molar-refractivity contribution >= 4 is 22.7 Å². The maximum Gasteiger partial charge on any atom is 0.307 e. The number of rotatable bonds is 9. The van der Waals surface area contributed by atoms with Crippen molar-refractivity contribution in [3.63, 3.8) is 0 Å². The van der Waals surface area contributed by atoms with E-state index in [0.717, 1.165) is 33.3 Å². The number of carbonyl (C=O) groups is 1. The molecule has 0 saturated heterocycles. The van der Waals surface area contributed by atoms with Gasteiger partial charge in [-0.3, -0.25) is 4.79 Å². The third kappa shape index (κ3) is 5.29. The molecule has 0 aliphatic rings. The first kappa shape index (κ1) is 22.3. The summed E-state index contributed by atoms with van der Waals surface area (Å²) in [6, 6.07) is 24.0. The lowest BCUT2D eigenvalue weighted by molar-refractivity contribution is -0.142. The molecule has 3 aromatic carbocycles. The lowest BCUT2D eigenvalue weighted by Crippen LogP contribution is -2.12. The van der Waals surface area contributed by atoms with Crippen molar-refractivity contribution in [1.29, 1.82) is 0 Å². The lowest BCUT2D eigenvalue weighted by Gasteiger charge is -2.12. The van der Waals surface area contributed by atoms with Gasteiger partial charge in [-0.05, 0) is 37.6 Å². The highest BCUT2D eigenvalue weighted by Crippen LogP contribution is 2.32. The molecule has 0 aliphatic heterocycles. The normalized spacial score (nSPS) is 10.7. The molecule has 6 heteroatoms. The summed E-state index contributed by atoms with van der Waals surface area (Å²) >= 11 is 0. The molecule has 4 rings (SSSR count). The van der Waals surface area contributed by atoms with Crippen molar-refractivity contribution in [2.24, 2.45) is 0 Å². The number of ether oxygens (including phenoxy) is 2. The van der Waals surface area contributed by atoms with E-state index in [4.69, 9.17) is 19.4 Å². The third-order valence-electron chi connectivity index (χ3n) is 5.17. The summed E-state index contributed by atoms with van der Waals surface area (Å²) in [7, 11) is 0. The van der Waals surface area contributed by atoms with Gasteiger partial charge < -0.3 is 14.8 Å². The average molecular weight is 442 g/mol. The maximum absolute atomic E-state index is 11.7. The number of nitrogens with one attached hydrogen (secondary N) is 1. The summed E-state index contributed by atoms with van der Waals surface area (Å²) in [5, 5.41) is 4.19. The third-order valence-corrected chi connectivity index (χ3v) is 5.17. The molecule has 0 saturated carbocycles. The molecule has 33 heavy (non-hydrogen) atoms. The highest BCUT2D eigenvalue weighted by Gasteiger charge is 2.11. The fourth-order valence-corrected chi connectivity index (χ4v) is 3.64. The van der Waals surface area contributed by atoms with Gasteiger partial charge in [0.25, 0.3) is 0 Å². The summed E-state index contributed by atoms with van der Waals surface area (Å²) in [5.74, 6) is 1.96. The van der Waals surface area contributed by atoms with Crippen molar-refractivity contribution in [3.05, 3.63) is 72.8 Å². The number of fused-ring (bicyclic) bond motifs is 1. The second-order valence-electron chi connectivity index (χ2n) is 7.40. The van der Waals surface area contributed by atoms with E-state index in [1.807, 2.05) is 61.5 Å². The number of esters is 1. The molecule has 168 valence electrons. The molecule has 0 unspecified atom stereocenters. The molecule has 0 bridgehead atoms. The van der Waals surface area contributed by atoms with Crippen molar-refractivity contribution in [2.75, 3.05) is 25.1 Å². The van der Waals surface area contributed by atoms with Crippen LogP contribution in [0.5, 0.6) is 5.75 Å². The first-order valence-electron chi connectivity index (χ1n) is 11.2. The minimum Gasteiger partial charge on any atom is -0.493 e. The van der Waals surface area contributed by atoms with E-state index in [1.165, 1.54) is 0 Å². The van der Waals surface area contributed by atoms with Crippen LogP contribution < -0.4 is 10.1 Å². The standard InChI is InChI=1S/C27H27N3O3/c1-3-32-24-12-8-6-9-21(24)19-13-15-20(16-14-19)26-29-23-11-7-5-10-22(23)27(30-26)28-18-17-25(31)33-4-2/h5-16H,3-4,17-18H2,1-2H3,(H,28,29,30). The number of anilines is 1. The Balaban J connectivity index is 1.62. The Labute approximate surface area is 193 Å². The van der Waals surface area contributed by atoms with Gasteiger partial charge in [0.1, 0.15) is 11.6 Å². The van der Waals surface area contributed by atoms with Crippen LogP contribution in [0.3, 0.4) is 0 Å². The maximum atomic E-state index is 11.7. The van der Waals surface area contributed by atoms with Crippen LogP contribution in [0.15, 0.2) is 72.8 Å². The zero-order valence-electron chi connectivity index (χ0n) is 18.9. The van der Waals surface area contributed by atoms with Crippen LogP contribution in [0.4, 0.5) is 5.82 Å². The Hall–Kier alpha value is -3.93. The highest BCUT2D eigenvalue weighted by molar-refractivity contribution is 5.90. The molecule has 0 spiro atoms. The van der Waals surface area contributed by atoms with Crippen LogP contribution >= 0.6 is 0 Å².